The topological polar surface area (TPSA) is 67.0 Å². The molecule has 0 rings (SSSR count). The third-order valence-electron chi connectivity index (χ3n) is 9.47. The van der Waals surface area contributed by atoms with Gasteiger partial charge in [-0.3, -0.25) is 4.79 Å². The highest BCUT2D eigenvalue weighted by Gasteiger charge is 2.02. The van der Waals surface area contributed by atoms with Crippen molar-refractivity contribution >= 4 is 5.97 Å². The van der Waals surface area contributed by atoms with Crippen molar-refractivity contribution in [1.82, 2.24) is 0 Å². The average Bonchev–Trinajstić information content (AvgIpc) is 3.19. The van der Waals surface area contributed by atoms with Crippen LogP contribution < -0.4 is 0 Å². The molecule has 0 atom stereocenters. The van der Waals surface area contributed by atoms with Gasteiger partial charge < -0.3 is 14.9 Å². The summed E-state index contributed by atoms with van der Waals surface area (Å²) in [6.45, 7) is 19.5. The minimum atomic E-state index is -0.0836. The van der Waals surface area contributed by atoms with Gasteiger partial charge in [0.1, 0.15) is 6.61 Å². The van der Waals surface area contributed by atoms with Crippen LogP contribution in [0.1, 0.15) is 233 Å². The van der Waals surface area contributed by atoms with Crippen LogP contribution in [0.3, 0.4) is 0 Å². The molecule has 0 saturated heterocycles. The van der Waals surface area contributed by atoms with Gasteiger partial charge in [0.15, 0.2) is 0 Å². The highest BCUT2D eigenvalue weighted by molar-refractivity contribution is 5.69. The lowest BCUT2D eigenvalue weighted by molar-refractivity contribution is -0.145. The summed E-state index contributed by atoms with van der Waals surface area (Å²) in [5.41, 5.74) is 0. The summed E-state index contributed by atoms with van der Waals surface area (Å²) in [5, 5.41) is 0. The maximum Gasteiger partial charge on any atom is 0.305 e. The van der Waals surface area contributed by atoms with Gasteiger partial charge in [-0.25, -0.2) is 0 Å². The third kappa shape index (κ3) is 66.6. The molecule has 0 saturated carbocycles. The van der Waals surface area contributed by atoms with Crippen molar-refractivity contribution < 1.29 is 19.7 Å². The van der Waals surface area contributed by atoms with E-state index < -0.39 is 0 Å². The maximum absolute atomic E-state index is 11.8. The minimum Gasteiger partial charge on any atom is -0.463 e. The molecule has 0 bridgehead atoms. The van der Waals surface area contributed by atoms with Gasteiger partial charge in [0.25, 0.3) is 0 Å². The van der Waals surface area contributed by atoms with Crippen molar-refractivity contribution in [2.75, 3.05) is 19.8 Å². The van der Waals surface area contributed by atoms with Gasteiger partial charge in [0.05, 0.1) is 6.61 Å². The van der Waals surface area contributed by atoms with Crippen LogP contribution in [0.5, 0.6) is 0 Å². The monoisotopic (exact) mass is 787 g/mol. The summed E-state index contributed by atoms with van der Waals surface area (Å²) in [5.74, 6) is -0.0836. The van der Waals surface area contributed by atoms with Gasteiger partial charge in [0.2, 0.25) is 0 Å². The normalized spacial score (nSPS) is 10.8. The van der Waals surface area contributed by atoms with E-state index in [-0.39, 0.29) is 11.4 Å². The molecular formula is C52H98O4. The lowest BCUT2D eigenvalue weighted by atomic mass is 10.1. The van der Waals surface area contributed by atoms with Crippen molar-refractivity contribution in [1.29, 1.82) is 0 Å². The average molecular weight is 787 g/mol. The lowest BCUT2D eigenvalue weighted by Gasteiger charge is -2.06. The molecule has 4 heteroatoms. The number of hydrogen-bond acceptors (Lipinski definition) is 3. The Bertz CT molecular complexity index is 827. The molecule has 4 nitrogen and oxygen atoms in total. The zero-order chi connectivity index (χ0) is 40.8. The number of carbonyl (C=O) groups is 1. The molecule has 0 aromatic carbocycles. The molecule has 0 aliphatic carbocycles. The molecule has 0 heterocycles. The first-order valence-electron chi connectivity index (χ1n) is 23.6. The van der Waals surface area contributed by atoms with Crippen molar-refractivity contribution in [3.05, 3.63) is 74.4 Å². The van der Waals surface area contributed by atoms with Crippen LogP contribution in [-0.2, 0) is 14.3 Å². The van der Waals surface area contributed by atoms with Crippen LogP contribution in [0.15, 0.2) is 74.4 Å². The molecule has 330 valence electrons. The zero-order valence-corrected chi connectivity index (χ0v) is 38.0. The number of unbranched alkanes of at least 4 members (excludes halogenated alkanes) is 25. The molecule has 0 aliphatic rings. The molecule has 0 spiro atoms. The molecule has 2 N–H and O–H groups in total. The SMILES string of the molecule is C=CC/C=C/CCCCCCCC(=O)OCCOCCCCCCCC/C=C/C/C=C/CCCCC.C=CCCCCCCC.C=CCCCCCCCC.O. The molecule has 0 aromatic heterocycles. The molecule has 0 fully saturated rings. The van der Waals surface area contributed by atoms with Crippen LogP contribution in [0, 0.1) is 0 Å². The van der Waals surface area contributed by atoms with Crippen molar-refractivity contribution in [3.8, 4) is 0 Å². The first-order chi connectivity index (χ1) is 27.1. The summed E-state index contributed by atoms with van der Waals surface area (Å²) >= 11 is 0. The third-order valence-corrected chi connectivity index (χ3v) is 9.47. The van der Waals surface area contributed by atoms with Crippen molar-refractivity contribution in [2.45, 2.75) is 233 Å². The minimum absolute atomic E-state index is 0. The molecule has 0 aromatic rings. The van der Waals surface area contributed by atoms with Crippen LogP contribution in [0.4, 0.5) is 0 Å². The number of carbonyl (C=O) groups excluding carboxylic acids is 1. The summed E-state index contributed by atoms with van der Waals surface area (Å²) < 4.78 is 10.9. The van der Waals surface area contributed by atoms with Crippen LogP contribution >= 0.6 is 0 Å². The Morgan fingerprint density at radius 2 is 0.768 bits per heavy atom. The number of ether oxygens (including phenoxy) is 2. The predicted octanol–water partition coefficient (Wildman–Crippen LogP) is 16.9. The molecule has 0 aliphatic heterocycles. The van der Waals surface area contributed by atoms with E-state index in [9.17, 15) is 4.79 Å². The number of hydrogen-bond donors (Lipinski definition) is 0. The number of allylic oxidation sites excluding steroid dienone is 9. The Morgan fingerprint density at radius 3 is 1.23 bits per heavy atom. The summed E-state index contributed by atoms with van der Waals surface area (Å²) in [6, 6.07) is 0. The Labute approximate surface area is 351 Å². The summed E-state index contributed by atoms with van der Waals surface area (Å²) in [7, 11) is 0. The quantitative estimate of drug-likeness (QED) is 0.0352. The smallest absolute Gasteiger partial charge is 0.305 e. The Kier molecular flexibility index (Phi) is 67.0. The van der Waals surface area contributed by atoms with Gasteiger partial charge in [-0.1, -0.05) is 191 Å². The summed E-state index contributed by atoms with van der Waals surface area (Å²) in [6.07, 6.45) is 60.6. The fourth-order valence-corrected chi connectivity index (χ4v) is 5.91. The first-order valence-corrected chi connectivity index (χ1v) is 23.6. The van der Waals surface area contributed by atoms with Gasteiger partial charge in [-0.2, -0.15) is 0 Å². The van der Waals surface area contributed by atoms with E-state index in [0.29, 0.717) is 19.6 Å². The number of esters is 1. The molecular weight excluding hydrogens is 689 g/mol. The molecule has 0 radical (unpaired) electrons. The van der Waals surface area contributed by atoms with E-state index in [4.69, 9.17) is 9.47 Å². The van der Waals surface area contributed by atoms with Gasteiger partial charge in [0, 0.05) is 13.0 Å². The van der Waals surface area contributed by atoms with Crippen LogP contribution in [-0.4, -0.2) is 31.3 Å². The van der Waals surface area contributed by atoms with E-state index in [1.807, 2.05) is 18.2 Å². The van der Waals surface area contributed by atoms with E-state index >= 15 is 0 Å². The second kappa shape index (κ2) is 62.0. The fraction of sp³-hybridized carbons (Fsp3) is 0.750. The zero-order valence-electron chi connectivity index (χ0n) is 38.0. The van der Waals surface area contributed by atoms with Gasteiger partial charge in [-0.15, -0.1) is 19.7 Å². The van der Waals surface area contributed by atoms with Crippen LogP contribution in [0.25, 0.3) is 0 Å². The van der Waals surface area contributed by atoms with Crippen LogP contribution in [0.2, 0.25) is 0 Å². The van der Waals surface area contributed by atoms with E-state index in [1.54, 1.807) is 0 Å². The van der Waals surface area contributed by atoms with E-state index in [1.165, 1.54) is 167 Å². The van der Waals surface area contributed by atoms with Gasteiger partial charge >= 0.3 is 5.97 Å². The number of rotatable bonds is 41. The van der Waals surface area contributed by atoms with Gasteiger partial charge in [-0.05, 0) is 89.9 Å². The Hall–Kier alpha value is -2.17. The highest BCUT2D eigenvalue weighted by Crippen LogP contribution is 2.10. The first kappa shape index (κ1) is 60.5. The molecule has 0 amide bonds. The summed E-state index contributed by atoms with van der Waals surface area (Å²) in [4.78, 5) is 11.8. The Morgan fingerprint density at radius 1 is 0.393 bits per heavy atom. The Balaban J connectivity index is -0.000000550. The lowest BCUT2D eigenvalue weighted by Crippen LogP contribution is -2.10. The second-order valence-corrected chi connectivity index (χ2v) is 15.1. The second-order valence-electron chi connectivity index (χ2n) is 15.1. The van der Waals surface area contributed by atoms with E-state index in [0.717, 1.165) is 45.1 Å². The standard InChI is InChI=1S/C33H58O3.C10H20.C9H18.H2O/c1-3-5-7-9-11-13-15-16-17-18-19-20-22-24-26-28-30-35-31-32-36-33(34)29-27-25-23-21-14-12-10-8-6-4-2;1-3-5-7-9-10-8-6-4-2;1-3-5-7-9-8-6-4-2;/h4,8,10-11,13,16-17H,2-3,5-7,9,12,14-15,18-32H2,1H3;3H,1,4-10H2,2H3;3H,1,4-9H2,2H3;1H2/b10-8+,13-11+,17-16+;;;. The highest BCUT2D eigenvalue weighted by atomic mass is 16.6. The largest absolute Gasteiger partial charge is 0.463 e. The predicted molar refractivity (Wildman–Crippen MR) is 253 cm³/mol. The van der Waals surface area contributed by atoms with Crippen molar-refractivity contribution in [3.63, 3.8) is 0 Å². The fourth-order valence-electron chi connectivity index (χ4n) is 5.91. The maximum atomic E-state index is 11.8. The van der Waals surface area contributed by atoms with E-state index in [2.05, 4.69) is 77.0 Å². The molecule has 0 unspecified atom stereocenters. The molecule has 56 heavy (non-hydrogen) atoms. The van der Waals surface area contributed by atoms with Crippen molar-refractivity contribution in [2.24, 2.45) is 0 Å².